The van der Waals surface area contributed by atoms with E-state index < -0.39 is 5.91 Å². The van der Waals surface area contributed by atoms with Gasteiger partial charge in [0, 0.05) is 9.35 Å². The normalized spacial score (nSPS) is 10.6. The van der Waals surface area contributed by atoms with E-state index in [1.807, 2.05) is 19.9 Å². The Morgan fingerprint density at radius 2 is 2.04 bits per heavy atom. The maximum atomic E-state index is 12.8. The molecule has 0 aliphatic heterocycles. The molecule has 0 unspecified atom stereocenters. The van der Waals surface area contributed by atoms with E-state index in [0.717, 1.165) is 27.8 Å². The highest BCUT2D eigenvalue weighted by Crippen LogP contribution is 2.34. The third-order valence-electron chi connectivity index (χ3n) is 3.98. The topological polar surface area (TPSA) is 81.4 Å². The number of halogens is 1. The van der Waals surface area contributed by atoms with Crippen molar-refractivity contribution in [2.45, 2.75) is 40.0 Å². The number of carbonyl (C=O) groups excluding carboxylic acids is 2. The Labute approximate surface area is 166 Å². The molecular formula is C19H23BrN2O3S. The number of hydrogen-bond donors (Lipinski definition) is 2. The van der Waals surface area contributed by atoms with E-state index >= 15 is 0 Å². The highest BCUT2D eigenvalue weighted by molar-refractivity contribution is 9.10. The number of hydrogen-bond acceptors (Lipinski definition) is 4. The maximum absolute atomic E-state index is 12.8. The highest BCUT2D eigenvalue weighted by Gasteiger charge is 2.22. The molecule has 7 heteroatoms. The third kappa shape index (κ3) is 4.65. The minimum atomic E-state index is -0.532. The van der Waals surface area contributed by atoms with Gasteiger partial charge in [-0.1, -0.05) is 36.2 Å². The molecule has 0 radical (unpaired) electrons. The van der Waals surface area contributed by atoms with Crippen molar-refractivity contribution in [3.05, 3.63) is 44.2 Å². The number of primary amides is 1. The molecule has 2 rings (SSSR count). The number of amides is 2. The lowest BCUT2D eigenvalue weighted by Crippen LogP contribution is -2.18. The molecule has 1 aromatic heterocycles. The molecule has 1 aromatic carbocycles. The van der Waals surface area contributed by atoms with Crippen molar-refractivity contribution in [3.8, 4) is 5.75 Å². The number of anilines is 1. The Balaban J connectivity index is 2.33. The average Bonchev–Trinajstić information content (AvgIpc) is 2.91. The molecule has 0 spiro atoms. The van der Waals surface area contributed by atoms with Crippen molar-refractivity contribution in [3.63, 3.8) is 0 Å². The van der Waals surface area contributed by atoms with E-state index in [4.69, 9.17) is 10.5 Å². The number of unbranched alkanes of at least 4 members (excludes halogenated alkanes) is 1. The van der Waals surface area contributed by atoms with Crippen LogP contribution in [0, 0.1) is 6.92 Å². The summed E-state index contributed by atoms with van der Waals surface area (Å²) < 4.78 is 6.52. The highest BCUT2D eigenvalue weighted by atomic mass is 79.9. The fraction of sp³-hybridized carbons (Fsp3) is 0.368. The van der Waals surface area contributed by atoms with Gasteiger partial charge in [0.2, 0.25) is 0 Å². The molecule has 0 saturated carbocycles. The standard InChI is InChI=1S/C19H23BrN2O3S/c1-4-6-9-25-15-8-7-12(20)10-14(15)18(24)22-19-16(17(21)23)13(5-2)11(3)26-19/h7-8,10H,4-6,9H2,1-3H3,(H2,21,23)(H,22,24). The fourth-order valence-corrected chi connectivity index (χ4v) is 4.16. The van der Waals surface area contributed by atoms with Crippen molar-refractivity contribution in [1.82, 2.24) is 0 Å². The van der Waals surface area contributed by atoms with Crippen LogP contribution in [0.3, 0.4) is 0 Å². The van der Waals surface area contributed by atoms with E-state index in [2.05, 4.69) is 28.2 Å². The first-order valence-electron chi connectivity index (χ1n) is 8.54. The van der Waals surface area contributed by atoms with Crippen LogP contribution in [0.4, 0.5) is 5.00 Å². The molecule has 5 nitrogen and oxygen atoms in total. The summed E-state index contributed by atoms with van der Waals surface area (Å²) in [7, 11) is 0. The van der Waals surface area contributed by atoms with Crippen molar-refractivity contribution in [1.29, 1.82) is 0 Å². The molecule has 26 heavy (non-hydrogen) atoms. The lowest BCUT2D eigenvalue weighted by atomic mass is 10.1. The minimum absolute atomic E-state index is 0.329. The average molecular weight is 439 g/mol. The van der Waals surface area contributed by atoms with Crippen molar-refractivity contribution in [2.24, 2.45) is 5.73 Å². The number of rotatable bonds is 8. The van der Waals surface area contributed by atoms with Crippen molar-refractivity contribution < 1.29 is 14.3 Å². The van der Waals surface area contributed by atoms with Gasteiger partial charge >= 0.3 is 0 Å². The largest absolute Gasteiger partial charge is 0.493 e. The summed E-state index contributed by atoms with van der Waals surface area (Å²) in [6.07, 6.45) is 2.60. The van der Waals surface area contributed by atoms with Gasteiger partial charge in [-0.25, -0.2) is 0 Å². The van der Waals surface area contributed by atoms with Crippen LogP contribution in [-0.2, 0) is 6.42 Å². The Morgan fingerprint density at radius 3 is 2.65 bits per heavy atom. The summed E-state index contributed by atoms with van der Waals surface area (Å²) in [5.41, 5.74) is 7.23. The molecule has 2 amide bonds. The van der Waals surface area contributed by atoms with Crippen LogP contribution in [-0.4, -0.2) is 18.4 Å². The van der Waals surface area contributed by atoms with Gasteiger partial charge < -0.3 is 15.8 Å². The van der Waals surface area contributed by atoms with E-state index in [0.29, 0.717) is 34.9 Å². The third-order valence-corrected chi connectivity index (χ3v) is 5.53. The summed E-state index contributed by atoms with van der Waals surface area (Å²) in [4.78, 5) is 25.7. The summed E-state index contributed by atoms with van der Waals surface area (Å²) in [5, 5.41) is 3.32. The first-order chi connectivity index (χ1) is 12.4. The molecule has 1 heterocycles. The number of thiophene rings is 1. The second-order valence-corrected chi connectivity index (χ2v) is 8.00. The van der Waals surface area contributed by atoms with Crippen LogP contribution in [0.2, 0.25) is 0 Å². The van der Waals surface area contributed by atoms with Gasteiger partial charge in [-0.3, -0.25) is 9.59 Å². The molecule has 0 atom stereocenters. The molecule has 0 fully saturated rings. The zero-order chi connectivity index (χ0) is 19.3. The SMILES string of the molecule is CCCCOc1ccc(Br)cc1C(=O)Nc1sc(C)c(CC)c1C(N)=O. The molecule has 0 aliphatic rings. The first kappa shape index (κ1) is 20.5. The van der Waals surface area contributed by atoms with Crippen LogP contribution < -0.4 is 15.8 Å². The first-order valence-corrected chi connectivity index (χ1v) is 10.2. The zero-order valence-corrected chi connectivity index (χ0v) is 17.6. The fourth-order valence-electron chi connectivity index (χ4n) is 2.66. The Morgan fingerprint density at radius 1 is 1.31 bits per heavy atom. The summed E-state index contributed by atoms with van der Waals surface area (Å²) in [6.45, 7) is 6.50. The van der Waals surface area contributed by atoms with Gasteiger partial charge in [0.05, 0.1) is 17.7 Å². The predicted molar refractivity (Wildman–Crippen MR) is 109 cm³/mol. The predicted octanol–water partition coefficient (Wildman–Crippen LogP) is 4.91. The number of ether oxygens (including phenoxy) is 1. The minimum Gasteiger partial charge on any atom is -0.493 e. The molecule has 2 aromatic rings. The number of benzene rings is 1. The van der Waals surface area contributed by atoms with Gasteiger partial charge in [-0.05, 0) is 43.5 Å². The molecule has 0 bridgehead atoms. The van der Waals surface area contributed by atoms with E-state index in [1.165, 1.54) is 11.3 Å². The van der Waals surface area contributed by atoms with Gasteiger partial charge in [0.1, 0.15) is 10.8 Å². The van der Waals surface area contributed by atoms with Gasteiger partial charge in [0.15, 0.2) is 0 Å². The quantitative estimate of drug-likeness (QED) is 0.574. The van der Waals surface area contributed by atoms with Crippen LogP contribution in [0.15, 0.2) is 22.7 Å². The summed E-state index contributed by atoms with van der Waals surface area (Å²) in [5.74, 6) is -0.344. The van der Waals surface area contributed by atoms with Crippen LogP contribution in [0.25, 0.3) is 0 Å². The van der Waals surface area contributed by atoms with Crippen LogP contribution in [0.1, 0.15) is 57.8 Å². The second-order valence-electron chi connectivity index (χ2n) is 5.86. The number of aryl methyl sites for hydroxylation is 1. The lowest BCUT2D eigenvalue weighted by Gasteiger charge is -2.12. The van der Waals surface area contributed by atoms with E-state index in [-0.39, 0.29) is 5.91 Å². The second kappa shape index (κ2) is 9.19. The number of nitrogens with one attached hydrogen (secondary N) is 1. The summed E-state index contributed by atoms with van der Waals surface area (Å²) >= 11 is 4.75. The lowest BCUT2D eigenvalue weighted by molar-refractivity contribution is 0.100. The van der Waals surface area contributed by atoms with E-state index in [1.54, 1.807) is 12.1 Å². The van der Waals surface area contributed by atoms with Gasteiger partial charge in [-0.2, -0.15) is 0 Å². The maximum Gasteiger partial charge on any atom is 0.260 e. The summed E-state index contributed by atoms with van der Waals surface area (Å²) in [6, 6.07) is 5.31. The Hall–Kier alpha value is -1.86. The molecule has 140 valence electrons. The monoisotopic (exact) mass is 438 g/mol. The van der Waals surface area contributed by atoms with Gasteiger partial charge in [0.25, 0.3) is 11.8 Å². The number of carbonyl (C=O) groups is 2. The molecular weight excluding hydrogens is 416 g/mol. The van der Waals surface area contributed by atoms with Crippen LogP contribution in [0.5, 0.6) is 5.75 Å². The Bertz CT molecular complexity index is 817. The van der Waals surface area contributed by atoms with Crippen molar-refractivity contribution >= 4 is 44.1 Å². The van der Waals surface area contributed by atoms with Gasteiger partial charge in [-0.15, -0.1) is 11.3 Å². The number of nitrogens with two attached hydrogens (primary N) is 1. The molecule has 3 N–H and O–H groups in total. The zero-order valence-electron chi connectivity index (χ0n) is 15.1. The Kier molecular flexibility index (Phi) is 7.23. The van der Waals surface area contributed by atoms with E-state index in [9.17, 15) is 9.59 Å². The molecule has 0 saturated heterocycles. The van der Waals surface area contributed by atoms with Crippen LogP contribution >= 0.6 is 27.3 Å². The van der Waals surface area contributed by atoms with Crippen molar-refractivity contribution in [2.75, 3.05) is 11.9 Å². The molecule has 0 aliphatic carbocycles. The smallest absolute Gasteiger partial charge is 0.260 e.